The van der Waals surface area contributed by atoms with Crippen LogP contribution in [0.1, 0.15) is 48.6 Å². The number of nitrogens with one attached hydrogen (secondary N) is 1. The van der Waals surface area contributed by atoms with E-state index in [1.54, 1.807) is 23.3 Å². The number of nitrogens with zero attached hydrogens (tertiary/aromatic N) is 2. The first-order valence-corrected chi connectivity index (χ1v) is 8.25. The van der Waals surface area contributed by atoms with E-state index < -0.39 is 12.6 Å². The molecule has 0 amide bonds. The van der Waals surface area contributed by atoms with Gasteiger partial charge in [0.05, 0.1) is 12.1 Å². The minimum absolute atomic E-state index is 0.0311. The summed E-state index contributed by atoms with van der Waals surface area (Å²) in [4.78, 5) is 7.44. The second kappa shape index (κ2) is 5.76. The average Bonchev–Trinajstić information content (AvgIpc) is 3.32. The second-order valence-corrected chi connectivity index (χ2v) is 7.08. The summed E-state index contributed by atoms with van der Waals surface area (Å²) >= 11 is 1.54. The molecule has 0 saturated heterocycles. The highest BCUT2D eigenvalue weighted by molar-refractivity contribution is 7.15. The monoisotopic (exact) mass is 319 g/mol. The van der Waals surface area contributed by atoms with Crippen molar-refractivity contribution in [3.63, 3.8) is 0 Å². The molecule has 0 aliphatic heterocycles. The zero-order chi connectivity index (χ0) is 15.0. The molecule has 0 unspecified atom stereocenters. The van der Waals surface area contributed by atoms with E-state index in [1.807, 2.05) is 0 Å². The van der Waals surface area contributed by atoms with Crippen LogP contribution in [0.3, 0.4) is 0 Å². The fraction of sp³-hybridized carbons (Fsp3) is 0.786. The first-order valence-electron chi connectivity index (χ1n) is 7.43. The Morgan fingerprint density at radius 1 is 1.29 bits per heavy atom. The predicted octanol–water partition coefficient (Wildman–Crippen LogP) is 3.66. The minimum atomic E-state index is -4.11. The summed E-state index contributed by atoms with van der Waals surface area (Å²) in [6.07, 6.45) is -0.123. The Morgan fingerprint density at radius 2 is 2.00 bits per heavy atom. The van der Waals surface area contributed by atoms with Gasteiger partial charge in [-0.25, -0.2) is 4.98 Å². The van der Waals surface area contributed by atoms with E-state index in [4.69, 9.17) is 0 Å². The van der Waals surface area contributed by atoms with Crippen LogP contribution in [0.2, 0.25) is 0 Å². The number of rotatable bonds is 7. The summed E-state index contributed by atoms with van der Waals surface area (Å²) in [5.41, 5.74) is 1.11. The number of thiazole rings is 1. The van der Waals surface area contributed by atoms with E-state index in [2.05, 4.69) is 10.3 Å². The molecule has 0 atom stereocenters. The Balaban J connectivity index is 1.64. The molecule has 1 aromatic rings. The molecule has 21 heavy (non-hydrogen) atoms. The van der Waals surface area contributed by atoms with Crippen molar-refractivity contribution in [1.82, 2.24) is 10.3 Å². The number of anilines is 1. The van der Waals surface area contributed by atoms with Crippen LogP contribution < -0.4 is 10.2 Å². The maximum absolute atomic E-state index is 12.3. The summed E-state index contributed by atoms with van der Waals surface area (Å²) in [6.45, 7) is 0.776. The van der Waals surface area contributed by atoms with Gasteiger partial charge in [-0.3, -0.25) is 0 Å². The van der Waals surface area contributed by atoms with Gasteiger partial charge in [-0.15, -0.1) is 11.3 Å². The number of alkyl halides is 3. The lowest BCUT2D eigenvalue weighted by Gasteiger charge is -2.16. The summed E-state index contributed by atoms with van der Waals surface area (Å²) < 4.78 is 37.0. The van der Waals surface area contributed by atoms with Crippen LogP contribution in [0.5, 0.6) is 0 Å². The Bertz CT molecular complexity index is 492. The molecular weight excluding hydrogens is 299 g/mol. The van der Waals surface area contributed by atoms with Crippen molar-refractivity contribution in [3.8, 4) is 0 Å². The molecule has 1 aromatic heterocycles. The molecule has 2 aliphatic rings. The van der Waals surface area contributed by atoms with Gasteiger partial charge < -0.3 is 10.2 Å². The number of hydrogen-bond donors (Lipinski definition) is 1. The molecule has 1 N–H and O–H groups in total. The van der Waals surface area contributed by atoms with Crippen LogP contribution in [0.25, 0.3) is 0 Å². The molecule has 0 spiro atoms. The third kappa shape index (κ3) is 4.32. The van der Waals surface area contributed by atoms with Gasteiger partial charge in [-0.2, -0.15) is 13.2 Å². The molecule has 0 bridgehead atoms. The van der Waals surface area contributed by atoms with E-state index in [9.17, 15) is 13.2 Å². The Kier molecular flexibility index (Phi) is 4.14. The van der Waals surface area contributed by atoms with Gasteiger partial charge in [0, 0.05) is 37.0 Å². The average molecular weight is 319 g/mol. The molecule has 7 heteroatoms. The molecule has 118 valence electrons. The molecule has 0 aromatic carbocycles. The zero-order valence-corrected chi connectivity index (χ0v) is 12.9. The molecule has 1 heterocycles. The van der Waals surface area contributed by atoms with E-state index in [0.29, 0.717) is 17.1 Å². The van der Waals surface area contributed by atoms with Crippen molar-refractivity contribution >= 4 is 16.5 Å². The van der Waals surface area contributed by atoms with Gasteiger partial charge in [0.1, 0.15) is 0 Å². The Labute approximate surface area is 126 Å². The van der Waals surface area contributed by atoms with E-state index in [-0.39, 0.29) is 6.54 Å². The van der Waals surface area contributed by atoms with Crippen LogP contribution in [0.4, 0.5) is 18.3 Å². The highest BCUT2D eigenvalue weighted by Crippen LogP contribution is 2.44. The number of hydrogen-bond acceptors (Lipinski definition) is 4. The van der Waals surface area contributed by atoms with Gasteiger partial charge in [0.15, 0.2) is 5.13 Å². The predicted molar refractivity (Wildman–Crippen MR) is 77.9 cm³/mol. The maximum atomic E-state index is 12.3. The SMILES string of the molecule is CN(CCC(F)(F)F)c1nc(C2CC2)c(CNC2CC2)s1. The molecule has 2 aliphatic carbocycles. The lowest BCUT2D eigenvalue weighted by atomic mass is 10.2. The summed E-state index contributed by atoms with van der Waals surface area (Å²) in [6, 6.07) is 0.630. The summed E-state index contributed by atoms with van der Waals surface area (Å²) in [5, 5.41) is 4.19. The molecular formula is C14H20F3N3S. The Morgan fingerprint density at radius 3 is 2.57 bits per heavy atom. The van der Waals surface area contributed by atoms with Gasteiger partial charge in [-0.05, 0) is 25.7 Å². The van der Waals surface area contributed by atoms with Gasteiger partial charge >= 0.3 is 6.18 Å². The van der Waals surface area contributed by atoms with Gasteiger partial charge in [-0.1, -0.05) is 0 Å². The van der Waals surface area contributed by atoms with Crippen LogP contribution in [-0.4, -0.2) is 30.8 Å². The van der Waals surface area contributed by atoms with Gasteiger partial charge in [0.2, 0.25) is 0 Å². The molecule has 3 nitrogen and oxygen atoms in total. The third-order valence-corrected chi connectivity index (χ3v) is 5.05. The normalized spacial score (nSPS) is 19.0. The fourth-order valence-electron chi connectivity index (χ4n) is 2.23. The van der Waals surface area contributed by atoms with Crippen molar-refractivity contribution < 1.29 is 13.2 Å². The fourth-order valence-corrected chi connectivity index (χ4v) is 3.31. The number of aromatic nitrogens is 1. The third-order valence-electron chi connectivity index (χ3n) is 3.87. The van der Waals surface area contributed by atoms with Crippen LogP contribution >= 0.6 is 11.3 Å². The van der Waals surface area contributed by atoms with Crippen molar-refractivity contribution in [3.05, 3.63) is 10.6 Å². The largest absolute Gasteiger partial charge is 0.390 e. The van der Waals surface area contributed by atoms with Crippen molar-refractivity contribution in [2.45, 2.75) is 56.8 Å². The van der Waals surface area contributed by atoms with Crippen LogP contribution in [0.15, 0.2) is 0 Å². The topological polar surface area (TPSA) is 28.2 Å². The molecule has 0 radical (unpaired) electrons. The standard InChI is InChI=1S/C14H20F3N3S/c1-20(7-6-14(15,16)17)13-19-12(9-2-3-9)11(21-13)8-18-10-4-5-10/h9-10,18H,2-8H2,1H3. The van der Waals surface area contributed by atoms with E-state index >= 15 is 0 Å². The summed E-state index contributed by atoms with van der Waals surface area (Å²) in [5.74, 6) is 0.530. The number of halogens is 3. The molecule has 3 rings (SSSR count). The second-order valence-electron chi connectivity index (χ2n) is 6.02. The van der Waals surface area contributed by atoms with E-state index in [0.717, 1.165) is 25.1 Å². The quantitative estimate of drug-likeness (QED) is 0.831. The lowest BCUT2D eigenvalue weighted by Crippen LogP contribution is -2.23. The van der Waals surface area contributed by atoms with Crippen molar-refractivity contribution in [2.75, 3.05) is 18.5 Å². The first-order chi connectivity index (χ1) is 9.92. The summed E-state index contributed by atoms with van der Waals surface area (Å²) in [7, 11) is 1.69. The highest BCUT2D eigenvalue weighted by atomic mass is 32.1. The highest BCUT2D eigenvalue weighted by Gasteiger charge is 2.32. The van der Waals surface area contributed by atoms with Gasteiger partial charge in [0.25, 0.3) is 0 Å². The minimum Gasteiger partial charge on any atom is -0.351 e. The maximum Gasteiger partial charge on any atom is 0.390 e. The van der Waals surface area contributed by atoms with Crippen molar-refractivity contribution in [1.29, 1.82) is 0 Å². The smallest absolute Gasteiger partial charge is 0.351 e. The lowest BCUT2D eigenvalue weighted by molar-refractivity contribution is -0.132. The van der Waals surface area contributed by atoms with Crippen LogP contribution in [0, 0.1) is 0 Å². The zero-order valence-electron chi connectivity index (χ0n) is 12.0. The van der Waals surface area contributed by atoms with Crippen molar-refractivity contribution in [2.24, 2.45) is 0 Å². The molecule has 2 saturated carbocycles. The van der Waals surface area contributed by atoms with E-state index in [1.165, 1.54) is 17.7 Å². The Hall–Kier alpha value is -0.820. The first kappa shape index (κ1) is 15.1. The molecule has 2 fully saturated rings. The van der Waals surface area contributed by atoms with Crippen LogP contribution in [-0.2, 0) is 6.54 Å².